The van der Waals surface area contributed by atoms with Crippen LogP contribution in [0.3, 0.4) is 0 Å². The molecule has 3 N–H and O–H groups in total. The molecule has 0 spiro atoms. The van der Waals surface area contributed by atoms with Gasteiger partial charge >= 0.3 is 6.03 Å². The van der Waals surface area contributed by atoms with Crippen molar-refractivity contribution in [1.29, 1.82) is 0 Å². The van der Waals surface area contributed by atoms with Crippen molar-refractivity contribution in [2.75, 3.05) is 12.3 Å². The number of carbonyl (C=O) groups excluding carboxylic acids is 1. The van der Waals surface area contributed by atoms with Gasteiger partial charge in [-0.1, -0.05) is 91.9 Å². The van der Waals surface area contributed by atoms with E-state index in [4.69, 9.17) is 9.47 Å². The lowest BCUT2D eigenvalue weighted by Gasteiger charge is -2.41. The van der Waals surface area contributed by atoms with Crippen LogP contribution in [0.4, 0.5) is 4.79 Å². The maximum atomic E-state index is 11.8. The Labute approximate surface area is 252 Å². The summed E-state index contributed by atoms with van der Waals surface area (Å²) in [7, 11) is 0. The summed E-state index contributed by atoms with van der Waals surface area (Å²) in [5, 5.41) is 15.2. The smallest absolute Gasteiger partial charge is 0.315 e. The van der Waals surface area contributed by atoms with Crippen molar-refractivity contribution in [2.45, 2.75) is 50.4 Å². The van der Waals surface area contributed by atoms with E-state index >= 15 is 0 Å². The predicted molar refractivity (Wildman–Crippen MR) is 168 cm³/mol. The number of aliphatic hydroxyl groups excluding tert-OH is 1. The van der Waals surface area contributed by atoms with Gasteiger partial charge in [-0.25, -0.2) is 4.79 Å². The summed E-state index contributed by atoms with van der Waals surface area (Å²) in [5.41, 5.74) is 6.11. The van der Waals surface area contributed by atoms with Gasteiger partial charge in [0.15, 0.2) is 6.29 Å². The molecule has 6 nitrogen and oxygen atoms in total. The van der Waals surface area contributed by atoms with E-state index < -0.39 is 6.29 Å². The summed E-state index contributed by atoms with van der Waals surface area (Å²) in [5.74, 6) is 0.943. The molecular formula is C35H38N2O4S. The fourth-order valence-electron chi connectivity index (χ4n) is 5.10. The zero-order chi connectivity index (χ0) is 29.3. The highest BCUT2D eigenvalue weighted by Gasteiger charge is 2.38. The number of hydrogen-bond acceptors (Lipinski definition) is 5. The quantitative estimate of drug-likeness (QED) is 0.172. The van der Waals surface area contributed by atoms with Crippen LogP contribution in [-0.2, 0) is 22.6 Å². The molecule has 42 heavy (non-hydrogen) atoms. The summed E-state index contributed by atoms with van der Waals surface area (Å²) in [4.78, 5) is 13.0. The number of thioether (sulfide) groups is 1. The van der Waals surface area contributed by atoms with Gasteiger partial charge in [-0.2, -0.15) is 0 Å². The first-order valence-electron chi connectivity index (χ1n) is 14.4. The van der Waals surface area contributed by atoms with Crippen LogP contribution in [0.25, 0.3) is 11.1 Å². The topological polar surface area (TPSA) is 79.8 Å². The van der Waals surface area contributed by atoms with Crippen molar-refractivity contribution < 1.29 is 19.4 Å². The first kappa shape index (κ1) is 29.9. The molecule has 1 fully saturated rings. The third-order valence-corrected chi connectivity index (χ3v) is 8.62. The lowest BCUT2D eigenvalue weighted by molar-refractivity contribution is -0.268. The van der Waals surface area contributed by atoms with Crippen LogP contribution in [-0.4, -0.2) is 29.5 Å². The number of ether oxygens (including phenoxy) is 2. The average molecular weight is 583 g/mol. The Morgan fingerprint density at radius 1 is 0.810 bits per heavy atom. The molecule has 4 aromatic carbocycles. The van der Waals surface area contributed by atoms with Crippen LogP contribution in [0.5, 0.6) is 0 Å². The molecule has 0 unspecified atom stereocenters. The zero-order valence-electron chi connectivity index (χ0n) is 24.0. The number of hydrogen-bond donors (Lipinski definition) is 3. The first-order valence-corrected chi connectivity index (χ1v) is 15.4. The maximum Gasteiger partial charge on any atom is 0.315 e. The van der Waals surface area contributed by atoms with E-state index in [2.05, 4.69) is 78.2 Å². The molecule has 218 valence electrons. The Morgan fingerprint density at radius 2 is 1.55 bits per heavy atom. The molecule has 4 aromatic rings. The summed E-state index contributed by atoms with van der Waals surface area (Å²) in [6.07, 6.45) is -0.677. The number of aliphatic hydroxyl groups is 1. The second kappa shape index (κ2) is 14.5. The number of carbonyl (C=O) groups is 1. The number of rotatable bonds is 10. The van der Waals surface area contributed by atoms with Crippen molar-refractivity contribution in [3.8, 4) is 11.1 Å². The van der Waals surface area contributed by atoms with Gasteiger partial charge in [-0.3, -0.25) is 0 Å². The van der Waals surface area contributed by atoms with Crippen LogP contribution < -0.4 is 10.6 Å². The van der Waals surface area contributed by atoms with E-state index in [1.165, 1.54) is 4.90 Å². The Hall–Kier alpha value is -3.62. The Kier molecular flexibility index (Phi) is 10.3. The Morgan fingerprint density at radius 3 is 2.26 bits per heavy atom. The van der Waals surface area contributed by atoms with E-state index in [-0.39, 0.29) is 30.8 Å². The largest absolute Gasteiger partial charge is 0.392 e. The van der Waals surface area contributed by atoms with E-state index in [0.717, 1.165) is 39.1 Å². The summed E-state index contributed by atoms with van der Waals surface area (Å²) in [6, 6.07) is 34.8. The summed E-state index contributed by atoms with van der Waals surface area (Å²) >= 11 is 1.80. The number of amides is 2. The molecule has 0 aliphatic carbocycles. The average Bonchev–Trinajstić information content (AvgIpc) is 3.04. The monoisotopic (exact) mass is 582 g/mol. The molecule has 0 saturated carbocycles. The van der Waals surface area contributed by atoms with Gasteiger partial charge in [0, 0.05) is 35.2 Å². The van der Waals surface area contributed by atoms with Gasteiger partial charge in [0.05, 0.1) is 18.8 Å². The normalized spacial score (nSPS) is 20.2. The van der Waals surface area contributed by atoms with Crippen LogP contribution in [0.2, 0.25) is 0 Å². The van der Waals surface area contributed by atoms with E-state index in [9.17, 15) is 9.90 Å². The molecule has 4 atom stereocenters. The molecule has 7 heteroatoms. The van der Waals surface area contributed by atoms with Gasteiger partial charge < -0.3 is 25.2 Å². The van der Waals surface area contributed by atoms with Gasteiger partial charge in [-0.15, -0.1) is 11.8 Å². The van der Waals surface area contributed by atoms with E-state index in [1.807, 2.05) is 49.4 Å². The van der Waals surface area contributed by atoms with Crippen LogP contribution >= 0.6 is 11.8 Å². The van der Waals surface area contributed by atoms with Crippen LogP contribution in [0.15, 0.2) is 108 Å². The SMILES string of the molecule is CCNC(=O)NCc1cccc(-c2ccc([C@@H]3O[C@H](CSc4ccccc4)[C@H](C)[C@H](c4ccc(CO)cc4)O3)cc2)c1. The fourth-order valence-corrected chi connectivity index (χ4v) is 6.19. The summed E-state index contributed by atoms with van der Waals surface area (Å²) in [6.45, 7) is 5.15. The van der Waals surface area contributed by atoms with Gasteiger partial charge in [0.1, 0.15) is 0 Å². The highest BCUT2D eigenvalue weighted by Crippen LogP contribution is 2.43. The lowest BCUT2D eigenvalue weighted by Crippen LogP contribution is -2.38. The molecule has 2 amide bonds. The highest BCUT2D eigenvalue weighted by atomic mass is 32.2. The Bertz CT molecular complexity index is 1430. The fraction of sp³-hybridized carbons (Fsp3) is 0.286. The third kappa shape index (κ3) is 7.61. The number of urea groups is 1. The standard InChI is InChI=1S/C35H38N2O4S/c1-3-36-35(39)37-21-26-8-7-9-30(20-26)27-16-18-29(19-17-27)34-40-32(23-42-31-10-5-4-6-11-31)24(2)33(41-34)28-14-12-25(22-38)13-15-28/h4-20,24,32-34,38H,3,21-23H2,1-2H3,(H2,36,37,39)/t24-,32+,33+,34+/m0/s1. The maximum absolute atomic E-state index is 11.8. The second-order valence-electron chi connectivity index (χ2n) is 10.5. The molecule has 0 bridgehead atoms. The molecule has 1 aliphatic rings. The first-order chi connectivity index (χ1) is 20.5. The predicted octanol–water partition coefficient (Wildman–Crippen LogP) is 7.25. The van der Waals surface area contributed by atoms with E-state index in [1.54, 1.807) is 11.8 Å². The number of nitrogens with one attached hydrogen (secondary N) is 2. The van der Waals surface area contributed by atoms with Crippen LogP contribution in [0.1, 0.15) is 48.5 Å². The highest BCUT2D eigenvalue weighted by molar-refractivity contribution is 7.99. The molecule has 1 heterocycles. The molecular weight excluding hydrogens is 544 g/mol. The molecule has 0 aromatic heterocycles. The molecule has 1 saturated heterocycles. The molecule has 5 rings (SSSR count). The molecule has 0 radical (unpaired) electrons. The van der Waals surface area contributed by atoms with Crippen LogP contribution in [0, 0.1) is 5.92 Å². The van der Waals surface area contributed by atoms with Gasteiger partial charge in [0.25, 0.3) is 0 Å². The van der Waals surface area contributed by atoms with Gasteiger partial charge in [0.2, 0.25) is 0 Å². The van der Waals surface area contributed by atoms with Crippen molar-refractivity contribution >= 4 is 17.8 Å². The minimum absolute atomic E-state index is 0.0173. The van der Waals surface area contributed by atoms with Gasteiger partial charge in [-0.05, 0) is 52.9 Å². The zero-order valence-corrected chi connectivity index (χ0v) is 24.8. The Balaban J connectivity index is 1.33. The lowest BCUT2D eigenvalue weighted by atomic mass is 9.91. The minimum Gasteiger partial charge on any atom is -0.392 e. The van der Waals surface area contributed by atoms with E-state index in [0.29, 0.717) is 13.1 Å². The minimum atomic E-state index is -0.508. The summed E-state index contributed by atoms with van der Waals surface area (Å²) < 4.78 is 13.2. The second-order valence-corrected chi connectivity index (χ2v) is 11.6. The van der Waals surface area contributed by atoms with Crippen molar-refractivity contribution in [2.24, 2.45) is 5.92 Å². The molecule has 1 aliphatic heterocycles. The number of benzene rings is 4. The van der Waals surface area contributed by atoms with Crippen molar-refractivity contribution in [3.05, 3.63) is 125 Å². The van der Waals surface area contributed by atoms with Crippen molar-refractivity contribution in [3.63, 3.8) is 0 Å². The van der Waals surface area contributed by atoms with Crippen molar-refractivity contribution in [1.82, 2.24) is 10.6 Å². The third-order valence-electron chi connectivity index (χ3n) is 7.51.